The van der Waals surface area contributed by atoms with Crippen molar-refractivity contribution in [3.05, 3.63) is 80.8 Å². The van der Waals surface area contributed by atoms with Crippen LogP contribution in [0.2, 0.25) is 0 Å². The first-order valence-electron chi connectivity index (χ1n) is 9.69. The van der Waals surface area contributed by atoms with Gasteiger partial charge < -0.3 is 9.47 Å². The van der Waals surface area contributed by atoms with Crippen LogP contribution in [0, 0.1) is 3.57 Å². The fourth-order valence-corrected chi connectivity index (χ4v) is 4.83. The molecule has 0 aliphatic carbocycles. The van der Waals surface area contributed by atoms with Crippen molar-refractivity contribution in [1.82, 2.24) is 9.78 Å². The van der Waals surface area contributed by atoms with Crippen molar-refractivity contribution in [1.29, 1.82) is 0 Å². The molecule has 0 unspecified atom stereocenters. The lowest BCUT2D eigenvalue weighted by molar-refractivity contribution is 0.355. The van der Waals surface area contributed by atoms with Gasteiger partial charge in [0.15, 0.2) is 11.5 Å². The molecule has 0 saturated carbocycles. The van der Waals surface area contributed by atoms with Crippen molar-refractivity contribution in [2.45, 2.75) is 0 Å². The van der Waals surface area contributed by atoms with Crippen LogP contribution in [-0.2, 0) is 0 Å². The van der Waals surface area contributed by atoms with Crippen molar-refractivity contribution in [2.75, 3.05) is 14.2 Å². The lowest BCUT2D eigenvalue weighted by atomic mass is 10.0. The Labute approximate surface area is 202 Å². The number of hydrogen-bond donors (Lipinski definition) is 0. The predicted octanol–water partition coefficient (Wildman–Crippen LogP) is 7.23. The van der Waals surface area contributed by atoms with Crippen LogP contribution in [-0.4, -0.2) is 24.0 Å². The first-order valence-corrected chi connectivity index (χ1v) is 11.6. The van der Waals surface area contributed by atoms with Crippen LogP contribution < -0.4 is 9.47 Å². The van der Waals surface area contributed by atoms with E-state index in [-0.39, 0.29) is 0 Å². The van der Waals surface area contributed by atoms with Crippen LogP contribution in [0.3, 0.4) is 0 Å². The third-order valence-corrected chi connectivity index (χ3v) is 6.74. The smallest absolute Gasteiger partial charge is 0.161 e. The fourth-order valence-electron chi connectivity index (χ4n) is 3.90. The lowest BCUT2D eigenvalue weighted by Crippen LogP contribution is -1.99. The van der Waals surface area contributed by atoms with Gasteiger partial charge >= 0.3 is 0 Å². The molecule has 0 bridgehead atoms. The van der Waals surface area contributed by atoms with E-state index in [1.54, 1.807) is 14.2 Å². The van der Waals surface area contributed by atoms with Crippen molar-refractivity contribution >= 4 is 60.2 Å². The molecule has 0 amide bonds. The molecule has 154 valence electrons. The third kappa shape index (κ3) is 3.47. The summed E-state index contributed by atoms with van der Waals surface area (Å²) in [5.41, 5.74) is 3.97. The Bertz CT molecular complexity index is 1430. The van der Waals surface area contributed by atoms with E-state index in [2.05, 4.69) is 81.0 Å². The number of fused-ring (bicyclic) bond motifs is 3. The summed E-state index contributed by atoms with van der Waals surface area (Å²) in [5, 5.41) is 8.39. The molecule has 4 nitrogen and oxygen atoms in total. The van der Waals surface area contributed by atoms with Gasteiger partial charge in [-0.05, 0) is 76.5 Å². The first kappa shape index (κ1) is 20.3. The van der Waals surface area contributed by atoms with Gasteiger partial charge in [-0.1, -0.05) is 40.2 Å². The highest BCUT2D eigenvalue weighted by molar-refractivity contribution is 14.1. The van der Waals surface area contributed by atoms with Crippen LogP contribution in [0.15, 0.2) is 77.3 Å². The molecule has 4 aromatic carbocycles. The summed E-state index contributed by atoms with van der Waals surface area (Å²) in [6, 6.07) is 24.8. The van der Waals surface area contributed by atoms with E-state index >= 15 is 0 Å². The second-order valence-electron chi connectivity index (χ2n) is 7.11. The van der Waals surface area contributed by atoms with Crippen molar-refractivity contribution < 1.29 is 9.47 Å². The van der Waals surface area contributed by atoms with Gasteiger partial charge in [-0.3, -0.25) is 0 Å². The molecule has 0 aliphatic heterocycles. The maximum absolute atomic E-state index is 5.58. The van der Waals surface area contributed by atoms with Crippen LogP contribution in [0.1, 0.15) is 0 Å². The van der Waals surface area contributed by atoms with Gasteiger partial charge in [0.2, 0.25) is 0 Å². The summed E-state index contributed by atoms with van der Waals surface area (Å²) in [5.74, 6) is 1.38. The number of rotatable bonds is 4. The maximum Gasteiger partial charge on any atom is 0.161 e. The molecular formula is C25H18BrIN2O2. The normalized spacial score (nSPS) is 11.2. The monoisotopic (exact) mass is 584 g/mol. The lowest BCUT2D eigenvalue weighted by Gasteiger charge is -2.12. The third-order valence-electron chi connectivity index (χ3n) is 5.36. The number of halogens is 2. The van der Waals surface area contributed by atoms with Crippen LogP contribution in [0.5, 0.6) is 11.5 Å². The topological polar surface area (TPSA) is 36.3 Å². The maximum atomic E-state index is 5.58. The quantitative estimate of drug-likeness (QED) is 0.209. The van der Waals surface area contributed by atoms with Gasteiger partial charge in [0.05, 0.1) is 25.6 Å². The minimum absolute atomic E-state index is 0.684. The summed E-state index contributed by atoms with van der Waals surface area (Å²) >= 11 is 6.08. The Hall–Kier alpha value is -2.58. The molecule has 0 atom stereocenters. The van der Waals surface area contributed by atoms with E-state index in [1.807, 2.05) is 35.0 Å². The van der Waals surface area contributed by atoms with Gasteiger partial charge in [0.1, 0.15) is 5.52 Å². The SMILES string of the molecule is COc1ccc(-c2c3cc(Br)c4ccccc4c3nn2-c2ccc(I)cc2)cc1OC. The first-order chi connectivity index (χ1) is 15.1. The Morgan fingerprint density at radius 1 is 0.806 bits per heavy atom. The zero-order valence-electron chi connectivity index (χ0n) is 16.9. The molecule has 31 heavy (non-hydrogen) atoms. The van der Waals surface area contributed by atoms with E-state index in [0.29, 0.717) is 11.5 Å². The highest BCUT2D eigenvalue weighted by Crippen LogP contribution is 2.40. The van der Waals surface area contributed by atoms with Gasteiger partial charge in [-0.25, -0.2) is 4.68 Å². The van der Waals surface area contributed by atoms with Crippen molar-refractivity contribution in [3.63, 3.8) is 0 Å². The van der Waals surface area contributed by atoms with Crippen LogP contribution in [0.4, 0.5) is 0 Å². The fraction of sp³-hybridized carbons (Fsp3) is 0.0800. The summed E-state index contributed by atoms with van der Waals surface area (Å²) in [6.45, 7) is 0. The summed E-state index contributed by atoms with van der Waals surface area (Å²) < 4.78 is 15.3. The van der Waals surface area contributed by atoms with E-state index in [4.69, 9.17) is 14.6 Å². The molecule has 5 rings (SSSR count). The molecule has 0 aliphatic rings. The summed E-state index contributed by atoms with van der Waals surface area (Å²) in [4.78, 5) is 0. The molecule has 0 N–H and O–H groups in total. The average molecular weight is 585 g/mol. The van der Waals surface area contributed by atoms with Gasteiger partial charge in [0, 0.05) is 24.4 Å². The second kappa shape index (κ2) is 8.16. The molecule has 0 fully saturated rings. The second-order valence-corrected chi connectivity index (χ2v) is 9.21. The largest absolute Gasteiger partial charge is 0.493 e. The molecule has 6 heteroatoms. The number of nitrogens with zero attached hydrogens (tertiary/aromatic N) is 2. The number of ether oxygens (including phenoxy) is 2. The van der Waals surface area contributed by atoms with Gasteiger partial charge in [-0.2, -0.15) is 5.10 Å². The Morgan fingerprint density at radius 2 is 1.52 bits per heavy atom. The highest BCUT2D eigenvalue weighted by Gasteiger charge is 2.19. The standard InChI is InChI=1S/C25H18BrIN2O2/c1-30-22-12-7-15(13-23(22)31-2)25-20-14-21(26)18-5-3-4-6-19(18)24(20)28-29(25)17-10-8-16(27)9-11-17/h3-14H,1-2H3. The summed E-state index contributed by atoms with van der Waals surface area (Å²) in [7, 11) is 3.30. The van der Waals surface area contributed by atoms with Crippen molar-refractivity contribution in [3.8, 4) is 28.4 Å². The van der Waals surface area contributed by atoms with Crippen LogP contribution >= 0.6 is 38.5 Å². The average Bonchev–Trinajstić information content (AvgIpc) is 3.18. The van der Waals surface area contributed by atoms with E-state index < -0.39 is 0 Å². The molecule has 0 saturated heterocycles. The van der Waals surface area contributed by atoms with E-state index in [0.717, 1.165) is 43.1 Å². The molecular weight excluding hydrogens is 567 g/mol. The molecule has 0 spiro atoms. The number of aromatic nitrogens is 2. The zero-order valence-corrected chi connectivity index (χ0v) is 20.6. The molecule has 5 aromatic rings. The molecule has 1 heterocycles. The minimum atomic E-state index is 0.684. The van der Waals surface area contributed by atoms with E-state index in [1.165, 1.54) is 3.57 Å². The van der Waals surface area contributed by atoms with Gasteiger partial charge in [-0.15, -0.1) is 0 Å². The Balaban J connectivity index is 1.89. The Morgan fingerprint density at radius 3 is 2.23 bits per heavy atom. The number of benzene rings is 4. The predicted molar refractivity (Wildman–Crippen MR) is 138 cm³/mol. The molecule has 1 aromatic heterocycles. The zero-order chi connectivity index (χ0) is 21.5. The van der Waals surface area contributed by atoms with E-state index in [9.17, 15) is 0 Å². The summed E-state index contributed by atoms with van der Waals surface area (Å²) in [6.07, 6.45) is 0. The van der Waals surface area contributed by atoms with Crippen molar-refractivity contribution in [2.24, 2.45) is 0 Å². The number of hydrogen-bond acceptors (Lipinski definition) is 3. The van der Waals surface area contributed by atoms with Crippen LogP contribution in [0.25, 0.3) is 38.6 Å². The minimum Gasteiger partial charge on any atom is -0.493 e. The Kier molecular flexibility index (Phi) is 5.35. The molecule has 0 radical (unpaired) electrons. The highest BCUT2D eigenvalue weighted by atomic mass is 127. The van der Waals surface area contributed by atoms with Gasteiger partial charge in [0.25, 0.3) is 0 Å². The number of methoxy groups -OCH3 is 2.